The average molecular weight is 526 g/mol. The Morgan fingerprint density at radius 2 is 1.24 bits per heavy atom. The highest BCUT2D eigenvalue weighted by Gasteiger charge is 2.47. The molecule has 0 saturated carbocycles. The molecule has 0 spiro atoms. The molecular weight excluding hydrogens is 486 g/mol. The standard InChI is InChI=1S/C29H39N3O6/c1-27(2,3)37-25(35)29(7,24(34)30-19-21-16-12-9-13-17-21)32-23(33)22(18-20-14-10-8-11-15-20)31-26(36)38-28(4,5)6/h8-17,22H,18-19H2,1-7H3,(H,30,34)(H,31,36)(H,32,33)/t22-,29-/m0/s1. The summed E-state index contributed by atoms with van der Waals surface area (Å²) in [6.07, 6.45) is -0.705. The first-order valence-corrected chi connectivity index (χ1v) is 12.5. The SMILES string of the molecule is CC(C)(C)OC(=O)N[C@@H](Cc1ccccc1)C(=O)N[C@@](C)(C(=O)NCc1ccccc1)C(=O)OC(C)(C)C. The van der Waals surface area contributed by atoms with Gasteiger partial charge in [0.25, 0.3) is 5.91 Å². The lowest BCUT2D eigenvalue weighted by Crippen LogP contribution is -2.65. The minimum atomic E-state index is -2.08. The number of alkyl carbamates (subject to hydrolysis) is 1. The molecule has 0 heterocycles. The minimum Gasteiger partial charge on any atom is -0.458 e. The largest absolute Gasteiger partial charge is 0.458 e. The summed E-state index contributed by atoms with van der Waals surface area (Å²) in [6, 6.07) is 17.1. The number of hydrogen-bond donors (Lipinski definition) is 3. The van der Waals surface area contributed by atoms with E-state index in [1.807, 2.05) is 36.4 Å². The summed E-state index contributed by atoms with van der Waals surface area (Å²) in [5.41, 5.74) is -2.21. The van der Waals surface area contributed by atoms with E-state index in [0.717, 1.165) is 11.1 Å². The fraction of sp³-hybridized carbons (Fsp3) is 0.448. The van der Waals surface area contributed by atoms with Crippen LogP contribution in [0.5, 0.6) is 0 Å². The Bertz CT molecular complexity index is 1110. The maximum Gasteiger partial charge on any atom is 0.408 e. The smallest absolute Gasteiger partial charge is 0.408 e. The van der Waals surface area contributed by atoms with Crippen LogP contribution in [-0.4, -0.2) is 46.7 Å². The Hall–Kier alpha value is -3.88. The summed E-state index contributed by atoms with van der Waals surface area (Å²) < 4.78 is 10.8. The molecule has 0 bridgehead atoms. The molecule has 38 heavy (non-hydrogen) atoms. The van der Waals surface area contributed by atoms with Crippen LogP contribution in [0.4, 0.5) is 4.79 Å². The van der Waals surface area contributed by atoms with Crippen LogP contribution in [0.2, 0.25) is 0 Å². The molecule has 2 aromatic carbocycles. The number of benzene rings is 2. The van der Waals surface area contributed by atoms with Crippen LogP contribution in [0.3, 0.4) is 0 Å². The normalized spacial score (nSPS) is 13.9. The molecule has 0 aromatic heterocycles. The van der Waals surface area contributed by atoms with E-state index in [1.54, 1.807) is 65.8 Å². The van der Waals surface area contributed by atoms with Gasteiger partial charge in [0, 0.05) is 13.0 Å². The van der Waals surface area contributed by atoms with Crippen LogP contribution in [0.15, 0.2) is 60.7 Å². The molecule has 206 valence electrons. The number of rotatable bonds is 9. The van der Waals surface area contributed by atoms with Gasteiger partial charge >= 0.3 is 12.1 Å². The van der Waals surface area contributed by atoms with Gasteiger partial charge in [0.15, 0.2) is 0 Å². The van der Waals surface area contributed by atoms with Gasteiger partial charge in [0.1, 0.15) is 17.2 Å². The van der Waals surface area contributed by atoms with Gasteiger partial charge in [-0.3, -0.25) is 9.59 Å². The second-order valence-corrected chi connectivity index (χ2v) is 11.2. The van der Waals surface area contributed by atoms with Crippen LogP contribution >= 0.6 is 0 Å². The molecule has 0 radical (unpaired) electrons. The number of carbonyl (C=O) groups excluding carboxylic acids is 4. The van der Waals surface area contributed by atoms with Gasteiger partial charge in [-0.2, -0.15) is 0 Å². The second kappa shape index (κ2) is 12.6. The van der Waals surface area contributed by atoms with Crippen molar-refractivity contribution in [2.75, 3.05) is 0 Å². The summed E-state index contributed by atoms with van der Waals surface area (Å²) in [5.74, 6) is -2.43. The van der Waals surface area contributed by atoms with Crippen molar-refractivity contribution in [3.8, 4) is 0 Å². The van der Waals surface area contributed by atoms with E-state index in [1.165, 1.54) is 6.92 Å². The number of esters is 1. The number of nitrogens with one attached hydrogen (secondary N) is 3. The quantitative estimate of drug-likeness (QED) is 0.339. The molecule has 9 heteroatoms. The monoisotopic (exact) mass is 525 g/mol. The molecule has 0 aliphatic heterocycles. The van der Waals surface area contributed by atoms with Gasteiger partial charge in [0.2, 0.25) is 11.4 Å². The van der Waals surface area contributed by atoms with Gasteiger partial charge in [-0.25, -0.2) is 9.59 Å². The summed E-state index contributed by atoms with van der Waals surface area (Å²) in [6.45, 7) is 11.5. The van der Waals surface area contributed by atoms with E-state index in [-0.39, 0.29) is 13.0 Å². The lowest BCUT2D eigenvalue weighted by molar-refractivity contribution is -0.167. The van der Waals surface area contributed by atoms with Crippen molar-refractivity contribution in [2.45, 2.75) is 84.2 Å². The lowest BCUT2D eigenvalue weighted by atomic mass is 9.98. The van der Waals surface area contributed by atoms with Crippen molar-refractivity contribution in [3.05, 3.63) is 71.8 Å². The highest BCUT2D eigenvalue weighted by molar-refractivity contribution is 6.10. The first-order valence-electron chi connectivity index (χ1n) is 12.5. The summed E-state index contributed by atoms with van der Waals surface area (Å²) in [7, 11) is 0. The number of hydrogen-bond acceptors (Lipinski definition) is 6. The second-order valence-electron chi connectivity index (χ2n) is 11.2. The van der Waals surface area contributed by atoms with Crippen molar-refractivity contribution in [2.24, 2.45) is 0 Å². The summed E-state index contributed by atoms with van der Waals surface area (Å²) in [4.78, 5) is 52.7. The third kappa shape index (κ3) is 9.88. The molecule has 9 nitrogen and oxygen atoms in total. The van der Waals surface area contributed by atoms with Crippen molar-refractivity contribution < 1.29 is 28.7 Å². The summed E-state index contributed by atoms with van der Waals surface area (Å²) >= 11 is 0. The molecule has 0 saturated heterocycles. The van der Waals surface area contributed by atoms with Crippen molar-refractivity contribution in [1.82, 2.24) is 16.0 Å². The van der Waals surface area contributed by atoms with Gasteiger partial charge in [-0.05, 0) is 59.6 Å². The lowest BCUT2D eigenvalue weighted by Gasteiger charge is -2.32. The first kappa shape index (κ1) is 30.3. The Balaban J connectivity index is 2.33. The zero-order chi connectivity index (χ0) is 28.6. The molecule has 0 aliphatic carbocycles. The van der Waals surface area contributed by atoms with E-state index in [4.69, 9.17) is 9.47 Å². The van der Waals surface area contributed by atoms with E-state index in [2.05, 4.69) is 16.0 Å². The van der Waals surface area contributed by atoms with Gasteiger partial charge in [0.05, 0.1) is 0 Å². The Morgan fingerprint density at radius 3 is 1.74 bits per heavy atom. The molecule has 2 rings (SSSR count). The Morgan fingerprint density at radius 1 is 0.737 bits per heavy atom. The zero-order valence-electron chi connectivity index (χ0n) is 23.2. The van der Waals surface area contributed by atoms with Crippen LogP contribution < -0.4 is 16.0 Å². The number of carbonyl (C=O) groups is 4. The maximum atomic E-state index is 13.5. The first-order chi connectivity index (χ1) is 17.6. The average Bonchev–Trinajstić information content (AvgIpc) is 2.81. The highest BCUT2D eigenvalue weighted by Crippen LogP contribution is 2.17. The topological polar surface area (TPSA) is 123 Å². The molecule has 2 aromatic rings. The zero-order valence-corrected chi connectivity index (χ0v) is 23.2. The van der Waals surface area contributed by atoms with Crippen molar-refractivity contribution in [1.29, 1.82) is 0 Å². The molecule has 2 atom stereocenters. The predicted molar refractivity (Wildman–Crippen MR) is 144 cm³/mol. The van der Waals surface area contributed by atoms with Crippen LogP contribution in [0.1, 0.15) is 59.6 Å². The number of ether oxygens (including phenoxy) is 2. The fourth-order valence-corrected chi connectivity index (χ4v) is 3.38. The van der Waals surface area contributed by atoms with Crippen LogP contribution in [-0.2, 0) is 36.8 Å². The molecule has 3 amide bonds. The van der Waals surface area contributed by atoms with Crippen molar-refractivity contribution >= 4 is 23.9 Å². The van der Waals surface area contributed by atoms with E-state index in [9.17, 15) is 19.2 Å². The van der Waals surface area contributed by atoms with E-state index >= 15 is 0 Å². The molecule has 0 fully saturated rings. The summed E-state index contributed by atoms with van der Waals surface area (Å²) in [5, 5.41) is 7.82. The van der Waals surface area contributed by atoms with Gasteiger partial charge in [-0.15, -0.1) is 0 Å². The Kier molecular flexibility index (Phi) is 10.0. The molecule has 3 N–H and O–H groups in total. The third-order valence-electron chi connectivity index (χ3n) is 5.22. The Labute approximate surface area is 224 Å². The highest BCUT2D eigenvalue weighted by atomic mass is 16.6. The third-order valence-corrected chi connectivity index (χ3v) is 5.22. The van der Waals surface area contributed by atoms with Crippen LogP contribution in [0, 0.1) is 0 Å². The molecular formula is C29H39N3O6. The number of amides is 3. The van der Waals surface area contributed by atoms with Crippen molar-refractivity contribution in [3.63, 3.8) is 0 Å². The predicted octanol–water partition coefficient (Wildman–Crippen LogP) is 3.66. The maximum absolute atomic E-state index is 13.5. The molecule has 0 unspecified atom stereocenters. The fourth-order valence-electron chi connectivity index (χ4n) is 3.38. The van der Waals surface area contributed by atoms with E-state index in [0.29, 0.717) is 0 Å². The van der Waals surface area contributed by atoms with Crippen LogP contribution in [0.25, 0.3) is 0 Å². The molecule has 0 aliphatic rings. The minimum absolute atomic E-state index is 0.0992. The van der Waals surface area contributed by atoms with Gasteiger partial charge < -0.3 is 25.4 Å². The van der Waals surface area contributed by atoms with E-state index < -0.39 is 46.7 Å². The van der Waals surface area contributed by atoms with Gasteiger partial charge in [-0.1, -0.05) is 60.7 Å².